The molecule has 3 rings (SSSR count). The molecule has 3 aromatic rings. The van der Waals surface area contributed by atoms with E-state index in [0.717, 1.165) is 16.5 Å². The SMILES string of the molecule is O=c1c(/C=C\c2ccccc2)c[nH]c2ccccc12. The van der Waals surface area contributed by atoms with E-state index in [9.17, 15) is 4.79 Å². The van der Waals surface area contributed by atoms with Gasteiger partial charge in [0.25, 0.3) is 0 Å². The van der Waals surface area contributed by atoms with Gasteiger partial charge in [0, 0.05) is 22.7 Å². The highest BCUT2D eigenvalue weighted by Crippen LogP contribution is 2.09. The number of nitrogens with one attached hydrogen (secondary N) is 1. The molecule has 19 heavy (non-hydrogen) atoms. The third-order valence-corrected chi connectivity index (χ3v) is 3.07. The summed E-state index contributed by atoms with van der Waals surface area (Å²) in [7, 11) is 0. The zero-order valence-electron chi connectivity index (χ0n) is 10.3. The van der Waals surface area contributed by atoms with Crippen molar-refractivity contribution < 1.29 is 0 Å². The zero-order valence-corrected chi connectivity index (χ0v) is 10.3. The molecule has 0 radical (unpaired) electrons. The Morgan fingerprint density at radius 2 is 1.58 bits per heavy atom. The monoisotopic (exact) mass is 247 g/mol. The molecule has 0 bridgehead atoms. The fraction of sp³-hybridized carbons (Fsp3) is 0. The van der Waals surface area contributed by atoms with Crippen molar-refractivity contribution in [2.45, 2.75) is 0 Å². The fourth-order valence-corrected chi connectivity index (χ4v) is 2.06. The Kier molecular flexibility index (Phi) is 2.99. The number of aromatic amines is 1. The molecule has 2 aromatic carbocycles. The Bertz CT molecular complexity index is 785. The van der Waals surface area contributed by atoms with E-state index in [2.05, 4.69) is 4.98 Å². The molecule has 0 unspecified atom stereocenters. The van der Waals surface area contributed by atoms with Crippen molar-refractivity contribution in [3.05, 3.63) is 82.1 Å². The maximum atomic E-state index is 12.3. The Morgan fingerprint density at radius 3 is 2.42 bits per heavy atom. The minimum atomic E-state index is 0.0570. The van der Waals surface area contributed by atoms with E-state index < -0.39 is 0 Å². The second-order valence-corrected chi connectivity index (χ2v) is 4.36. The number of rotatable bonds is 2. The first-order valence-electron chi connectivity index (χ1n) is 6.18. The van der Waals surface area contributed by atoms with Crippen molar-refractivity contribution in [2.24, 2.45) is 0 Å². The summed E-state index contributed by atoms with van der Waals surface area (Å²) in [5, 5.41) is 0.720. The predicted octanol–water partition coefficient (Wildman–Crippen LogP) is 3.70. The van der Waals surface area contributed by atoms with Gasteiger partial charge in [-0.1, -0.05) is 48.5 Å². The highest BCUT2D eigenvalue weighted by Gasteiger charge is 2.01. The van der Waals surface area contributed by atoms with E-state index in [1.165, 1.54) is 0 Å². The van der Waals surface area contributed by atoms with Gasteiger partial charge in [-0.2, -0.15) is 0 Å². The van der Waals surface area contributed by atoms with Crippen LogP contribution in [0.2, 0.25) is 0 Å². The molecule has 0 aliphatic carbocycles. The topological polar surface area (TPSA) is 32.9 Å². The Morgan fingerprint density at radius 1 is 0.842 bits per heavy atom. The lowest BCUT2D eigenvalue weighted by Crippen LogP contribution is -2.05. The number of benzene rings is 2. The van der Waals surface area contributed by atoms with E-state index >= 15 is 0 Å². The molecule has 0 amide bonds. The molecule has 0 saturated heterocycles. The first-order valence-corrected chi connectivity index (χ1v) is 6.18. The summed E-state index contributed by atoms with van der Waals surface area (Å²) in [5.74, 6) is 0. The molecule has 1 N–H and O–H groups in total. The van der Waals surface area contributed by atoms with Crippen molar-refractivity contribution in [3.8, 4) is 0 Å². The van der Waals surface area contributed by atoms with Crippen LogP contribution in [0.4, 0.5) is 0 Å². The molecule has 0 fully saturated rings. The van der Waals surface area contributed by atoms with E-state index in [-0.39, 0.29) is 5.43 Å². The largest absolute Gasteiger partial charge is 0.360 e. The van der Waals surface area contributed by atoms with E-state index in [1.54, 1.807) is 6.20 Å². The van der Waals surface area contributed by atoms with Crippen LogP contribution in [-0.4, -0.2) is 4.98 Å². The number of hydrogen-bond donors (Lipinski definition) is 1. The van der Waals surface area contributed by atoms with Crippen molar-refractivity contribution in [3.63, 3.8) is 0 Å². The minimum absolute atomic E-state index is 0.0570. The maximum absolute atomic E-state index is 12.3. The standard InChI is InChI=1S/C17H13NO/c19-17-14(11-10-13-6-2-1-3-7-13)12-18-16-9-5-4-8-15(16)17/h1-12H,(H,18,19)/b11-10-. The third kappa shape index (κ3) is 2.33. The maximum Gasteiger partial charge on any atom is 0.196 e. The van der Waals surface area contributed by atoms with Gasteiger partial charge in [-0.05, 0) is 23.8 Å². The predicted molar refractivity (Wildman–Crippen MR) is 79.9 cm³/mol. The van der Waals surface area contributed by atoms with E-state index in [0.29, 0.717) is 5.56 Å². The molecule has 92 valence electrons. The molecule has 1 aromatic heterocycles. The van der Waals surface area contributed by atoms with Crippen LogP contribution in [0, 0.1) is 0 Å². The van der Waals surface area contributed by atoms with Gasteiger partial charge in [0.2, 0.25) is 0 Å². The van der Waals surface area contributed by atoms with Gasteiger partial charge in [-0.15, -0.1) is 0 Å². The number of H-pyrrole nitrogens is 1. The Hall–Kier alpha value is -2.61. The Balaban J connectivity index is 2.05. The number of para-hydroxylation sites is 1. The second-order valence-electron chi connectivity index (χ2n) is 4.36. The number of fused-ring (bicyclic) bond motifs is 1. The number of pyridine rings is 1. The normalized spacial score (nSPS) is 11.2. The molecular formula is C17H13NO. The minimum Gasteiger partial charge on any atom is -0.360 e. The summed E-state index contributed by atoms with van der Waals surface area (Å²) in [4.78, 5) is 15.4. The van der Waals surface area contributed by atoms with Gasteiger partial charge in [0.15, 0.2) is 5.43 Å². The molecule has 2 nitrogen and oxygen atoms in total. The fourth-order valence-electron chi connectivity index (χ4n) is 2.06. The molecule has 1 heterocycles. The highest BCUT2D eigenvalue weighted by molar-refractivity contribution is 5.82. The van der Waals surface area contributed by atoms with Crippen LogP contribution in [0.5, 0.6) is 0 Å². The van der Waals surface area contributed by atoms with Gasteiger partial charge in [0.05, 0.1) is 0 Å². The van der Waals surface area contributed by atoms with Crippen molar-refractivity contribution >= 4 is 23.1 Å². The number of aromatic nitrogens is 1. The number of hydrogen-bond acceptors (Lipinski definition) is 1. The van der Waals surface area contributed by atoms with Crippen LogP contribution in [0.1, 0.15) is 11.1 Å². The van der Waals surface area contributed by atoms with E-state index in [4.69, 9.17) is 0 Å². The molecule has 0 aliphatic heterocycles. The van der Waals surface area contributed by atoms with Gasteiger partial charge in [-0.3, -0.25) is 4.79 Å². The molecule has 0 aliphatic rings. The quantitative estimate of drug-likeness (QED) is 0.736. The van der Waals surface area contributed by atoms with Gasteiger partial charge in [0.1, 0.15) is 0 Å². The van der Waals surface area contributed by atoms with Crippen LogP contribution < -0.4 is 5.43 Å². The average molecular weight is 247 g/mol. The zero-order chi connectivity index (χ0) is 13.1. The first kappa shape index (κ1) is 11.5. The van der Waals surface area contributed by atoms with Gasteiger partial charge in [-0.25, -0.2) is 0 Å². The molecule has 2 heteroatoms. The van der Waals surface area contributed by atoms with Crippen LogP contribution in [0.25, 0.3) is 23.1 Å². The van der Waals surface area contributed by atoms with Crippen LogP contribution >= 0.6 is 0 Å². The van der Waals surface area contributed by atoms with E-state index in [1.807, 2.05) is 66.7 Å². The van der Waals surface area contributed by atoms with Crippen molar-refractivity contribution in [1.29, 1.82) is 0 Å². The van der Waals surface area contributed by atoms with Crippen molar-refractivity contribution in [2.75, 3.05) is 0 Å². The van der Waals surface area contributed by atoms with Crippen LogP contribution in [-0.2, 0) is 0 Å². The Labute approximate surface area is 111 Å². The summed E-state index contributed by atoms with van der Waals surface area (Å²) in [6, 6.07) is 17.5. The van der Waals surface area contributed by atoms with Crippen LogP contribution in [0.3, 0.4) is 0 Å². The van der Waals surface area contributed by atoms with Crippen molar-refractivity contribution in [1.82, 2.24) is 4.98 Å². The third-order valence-electron chi connectivity index (χ3n) is 3.07. The summed E-state index contributed by atoms with van der Waals surface area (Å²) < 4.78 is 0. The average Bonchev–Trinajstić information content (AvgIpc) is 2.48. The highest BCUT2D eigenvalue weighted by atomic mass is 16.1. The van der Waals surface area contributed by atoms with Gasteiger partial charge >= 0.3 is 0 Å². The lowest BCUT2D eigenvalue weighted by atomic mass is 10.1. The summed E-state index contributed by atoms with van der Waals surface area (Å²) >= 11 is 0. The first-order chi connectivity index (χ1) is 9.34. The second kappa shape index (κ2) is 4.94. The summed E-state index contributed by atoms with van der Waals surface area (Å²) in [6.07, 6.45) is 5.55. The van der Waals surface area contributed by atoms with Gasteiger partial charge < -0.3 is 4.98 Å². The molecular weight excluding hydrogens is 234 g/mol. The summed E-state index contributed by atoms with van der Waals surface area (Å²) in [5.41, 5.74) is 2.67. The smallest absolute Gasteiger partial charge is 0.196 e. The lowest BCUT2D eigenvalue weighted by molar-refractivity contribution is 1.37. The van der Waals surface area contributed by atoms with Crippen LogP contribution in [0.15, 0.2) is 65.6 Å². The molecule has 0 atom stereocenters. The lowest BCUT2D eigenvalue weighted by Gasteiger charge is -1.99. The summed E-state index contributed by atoms with van der Waals surface area (Å²) in [6.45, 7) is 0. The molecule has 0 saturated carbocycles. The molecule has 0 spiro atoms.